The minimum atomic E-state index is -0.142. The molecule has 0 spiro atoms. The van der Waals surface area contributed by atoms with Crippen molar-refractivity contribution in [3.63, 3.8) is 0 Å². The van der Waals surface area contributed by atoms with E-state index in [0.717, 1.165) is 0 Å². The summed E-state index contributed by atoms with van der Waals surface area (Å²) in [6, 6.07) is 0.00493. The van der Waals surface area contributed by atoms with Gasteiger partial charge in [-0.3, -0.25) is 4.79 Å². The summed E-state index contributed by atoms with van der Waals surface area (Å²) in [5.74, 6) is 1.12. The van der Waals surface area contributed by atoms with Crippen molar-refractivity contribution in [3.05, 3.63) is 11.7 Å². The molecule has 0 saturated heterocycles. The summed E-state index contributed by atoms with van der Waals surface area (Å²) < 4.78 is 10.1. The van der Waals surface area contributed by atoms with Gasteiger partial charge in [-0.05, 0) is 6.92 Å². The molecule has 108 valence electrons. The van der Waals surface area contributed by atoms with Crippen LogP contribution in [0.25, 0.3) is 0 Å². The van der Waals surface area contributed by atoms with Crippen molar-refractivity contribution in [1.29, 1.82) is 0 Å². The van der Waals surface area contributed by atoms with E-state index in [1.54, 1.807) is 7.11 Å². The number of hydrogen-bond acceptors (Lipinski definition) is 5. The summed E-state index contributed by atoms with van der Waals surface area (Å²) in [7, 11) is 1.61. The molecule has 1 rings (SSSR count). The van der Waals surface area contributed by atoms with Crippen molar-refractivity contribution in [2.24, 2.45) is 0 Å². The van der Waals surface area contributed by atoms with E-state index < -0.39 is 0 Å². The molecular formula is C13H23N3O3. The van der Waals surface area contributed by atoms with Gasteiger partial charge in [0.25, 0.3) is 0 Å². The number of ether oxygens (including phenoxy) is 1. The molecule has 1 atom stereocenters. The van der Waals surface area contributed by atoms with E-state index in [1.807, 2.05) is 27.7 Å². The molecule has 1 N–H and O–H groups in total. The Hall–Kier alpha value is -1.43. The number of amides is 1. The first-order valence-electron chi connectivity index (χ1n) is 6.44. The van der Waals surface area contributed by atoms with Gasteiger partial charge >= 0.3 is 0 Å². The van der Waals surface area contributed by atoms with Crippen molar-refractivity contribution in [2.45, 2.75) is 52.0 Å². The maximum Gasteiger partial charge on any atom is 0.227 e. The molecule has 1 aromatic heterocycles. The Morgan fingerprint density at radius 2 is 2.16 bits per heavy atom. The fourth-order valence-electron chi connectivity index (χ4n) is 1.52. The maximum absolute atomic E-state index is 11.6. The zero-order valence-corrected chi connectivity index (χ0v) is 12.3. The smallest absolute Gasteiger partial charge is 0.227 e. The third kappa shape index (κ3) is 5.38. The monoisotopic (exact) mass is 269 g/mol. The molecule has 0 aliphatic carbocycles. The van der Waals surface area contributed by atoms with E-state index >= 15 is 0 Å². The highest BCUT2D eigenvalue weighted by Gasteiger charge is 2.21. The highest BCUT2D eigenvalue weighted by atomic mass is 16.5. The van der Waals surface area contributed by atoms with Crippen LogP contribution in [0.5, 0.6) is 0 Å². The Balaban J connectivity index is 2.40. The standard InChI is InChI=1S/C13H23N3O3/c1-9(8-18-5)14-10(17)6-7-11-15-12(16-19-11)13(2,3)4/h9H,6-8H2,1-5H3,(H,14,17)/t9-/m0/s1. The fourth-order valence-corrected chi connectivity index (χ4v) is 1.52. The number of methoxy groups -OCH3 is 1. The van der Waals surface area contributed by atoms with Crippen LogP contribution in [0, 0.1) is 0 Å². The van der Waals surface area contributed by atoms with Gasteiger partial charge in [-0.2, -0.15) is 4.98 Å². The number of nitrogens with zero attached hydrogens (tertiary/aromatic N) is 2. The van der Waals surface area contributed by atoms with E-state index in [4.69, 9.17) is 9.26 Å². The molecule has 0 bridgehead atoms. The number of aryl methyl sites for hydroxylation is 1. The largest absolute Gasteiger partial charge is 0.383 e. The molecule has 0 radical (unpaired) electrons. The Labute approximate surface area is 113 Å². The average molecular weight is 269 g/mol. The first-order chi connectivity index (χ1) is 8.82. The van der Waals surface area contributed by atoms with Gasteiger partial charge in [0.1, 0.15) is 0 Å². The molecule has 6 nitrogen and oxygen atoms in total. The van der Waals surface area contributed by atoms with Crippen molar-refractivity contribution in [2.75, 3.05) is 13.7 Å². The molecule has 1 aromatic rings. The van der Waals surface area contributed by atoms with Gasteiger partial charge in [-0.25, -0.2) is 0 Å². The first-order valence-corrected chi connectivity index (χ1v) is 6.44. The van der Waals surface area contributed by atoms with Crippen LogP contribution in [0.15, 0.2) is 4.52 Å². The Morgan fingerprint density at radius 1 is 1.47 bits per heavy atom. The van der Waals surface area contributed by atoms with E-state index in [2.05, 4.69) is 15.5 Å². The number of hydrogen-bond donors (Lipinski definition) is 1. The summed E-state index contributed by atoms with van der Waals surface area (Å²) in [6.45, 7) is 8.44. The lowest BCUT2D eigenvalue weighted by molar-refractivity contribution is -0.122. The van der Waals surface area contributed by atoms with Crippen LogP contribution in [-0.2, 0) is 21.4 Å². The van der Waals surface area contributed by atoms with Crippen LogP contribution in [0.4, 0.5) is 0 Å². The van der Waals surface area contributed by atoms with Crippen LogP contribution in [-0.4, -0.2) is 35.8 Å². The average Bonchev–Trinajstić information content (AvgIpc) is 2.74. The van der Waals surface area contributed by atoms with E-state index in [9.17, 15) is 4.79 Å². The fraction of sp³-hybridized carbons (Fsp3) is 0.769. The second-order valence-corrected chi connectivity index (χ2v) is 5.69. The maximum atomic E-state index is 11.6. The van der Waals surface area contributed by atoms with Gasteiger partial charge in [0, 0.05) is 31.4 Å². The molecule has 19 heavy (non-hydrogen) atoms. The zero-order chi connectivity index (χ0) is 14.5. The normalized spacial score (nSPS) is 13.3. The molecular weight excluding hydrogens is 246 g/mol. The molecule has 6 heteroatoms. The Bertz CT molecular complexity index is 410. The number of nitrogens with one attached hydrogen (secondary N) is 1. The highest BCUT2D eigenvalue weighted by Crippen LogP contribution is 2.18. The Morgan fingerprint density at radius 3 is 2.68 bits per heavy atom. The minimum absolute atomic E-state index is 0.00493. The van der Waals surface area contributed by atoms with Crippen molar-refractivity contribution >= 4 is 5.91 Å². The summed E-state index contributed by atoms with van der Waals surface area (Å²) in [5.41, 5.74) is -0.142. The van der Waals surface area contributed by atoms with Crippen molar-refractivity contribution in [3.8, 4) is 0 Å². The molecule has 0 aromatic carbocycles. The second kappa shape index (κ2) is 6.65. The van der Waals surface area contributed by atoms with Crippen molar-refractivity contribution < 1.29 is 14.1 Å². The third-order valence-electron chi connectivity index (χ3n) is 2.53. The summed E-state index contributed by atoms with van der Waals surface area (Å²) >= 11 is 0. The molecule has 0 aliphatic heterocycles. The molecule has 0 aliphatic rings. The summed E-state index contributed by atoms with van der Waals surface area (Å²) in [4.78, 5) is 15.9. The van der Waals surface area contributed by atoms with Crippen LogP contribution >= 0.6 is 0 Å². The minimum Gasteiger partial charge on any atom is -0.383 e. The number of carbonyl (C=O) groups is 1. The summed E-state index contributed by atoms with van der Waals surface area (Å²) in [6.07, 6.45) is 0.786. The van der Waals surface area contributed by atoms with Gasteiger partial charge in [0.15, 0.2) is 5.82 Å². The van der Waals surface area contributed by atoms with Gasteiger partial charge in [0.2, 0.25) is 11.8 Å². The van der Waals surface area contributed by atoms with Gasteiger partial charge in [-0.1, -0.05) is 25.9 Å². The van der Waals surface area contributed by atoms with Crippen LogP contribution < -0.4 is 5.32 Å². The van der Waals surface area contributed by atoms with Gasteiger partial charge in [0.05, 0.1) is 6.61 Å². The lowest BCUT2D eigenvalue weighted by atomic mass is 9.96. The highest BCUT2D eigenvalue weighted by molar-refractivity contribution is 5.76. The first kappa shape index (κ1) is 15.6. The lowest BCUT2D eigenvalue weighted by Crippen LogP contribution is -2.35. The molecule has 0 unspecified atom stereocenters. The number of carbonyl (C=O) groups excluding carboxylic acids is 1. The number of rotatable bonds is 6. The van der Waals surface area contributed by atoms with Crippen LogP contribution in [0.2, 0.25) is 0 Å². The number of aromatic nitrogens is 2. The van der Waals surface area contributed by atoms with Gasteiger partial charge in [-0.15, -0.1) is 0 Å². The lowest BCUT2D eigenvalue weighted by Gasteiger charge is -2.12. The van der Waals surface area contributed by atoms with E-state index in [-0.39, 0.29) is 17.4 Å². The Kier molecular flexibility index (Phi) is 5.47. The zero-order valence-electron chi connectivity index (χ0n) is 12.3. The van der Waals surface area contributed by atoms with Crippen LogP contribution in [0.1, 0.15) is 45.8 Å². The van der Waals surface area contributed by atoms with Crippen molar-refractivity contribution in [1.82, 2.24) is 15.5 Å². The predicted octanol–water partition coefficient (Wildman–Crippen LogP) is 1.45. The molecule has 0 fully saturated rings. The van der Waals surface area contributed by atoms with E-state index in [0.29, 0.717) is 31.2 Å². The molecule has 0 saturated carbocycles. The quantitative estimate of drug-likeness (QED) is 0.845. The third-order valence-corrected chi connectivity index (χ3v) is 2.53. The second-order valence-electron chi connectivity index (χ2n) is 5.69. The molecule has 1 heterocycles. The predicted molar refractivity (Wildman–Crippen MR) is 70.8 cm³/mol. The van der Waals surface area contributed by atoms with E-state index in [1.165, 1.54) is 0 Å². The molecule has 1 amide bonds. The topological polar surface area (TPSA) is 77.2 Å². The summed E-state index contributed by atoms with van der Waals surface area (Å²) in [5, 5.41) is 6.75. The SMILES string of the molecule is COC[C@H](C)NC(=O)CCc1nc(C(C)(C)C)no1. The van der Waals surface area contributed by atoms with Crippen LogP contribution in [0.3, 0.4) is 0 Å². The van der Waals surface area contributed by atoms with Gasteiger partial charge < -0.3 is 14.6 Å².